The van der Waals surface area contributed by atoms with Crippen molar-refractivity contribution in [2.45, 2.75) is 68.2 Å². The summed E-state index contributed by atoms with van der Waals surface area (Å²) < 4.78 is 66.0. The van der Waals surface area contributed by atoms with Crippen LogP contribution in [-0.4, -0.2) is 70.7 Å². The van der Waals surface area contributed by atoms with E-state index in [0.717, 1.165) is 44.2 Å². The molecule has 1 aliphatic rings. The van der Waals surface area contributed by atoms with E-state index in [1.54, 1.807) is 30.3 Å². The van der Waals surface area contributed by atoms with Gasteiger partial charge in [-0.3, -0.25) is 14.1 Å². The van der Waals surface area contributed by atoms with Gasteiger partial charge in [-0.2, -0.15) is 8.42 Å². The molecular formula is C36H47N3O8S3. The van der Waals surface area contributed by atoms with Gasteiger partial charge in [-0.1, -0.05) is 88.1 Å². The number of nitrogens with zero attached hydrogens (tertiary/aromatic N) is 1. The van der Waals surface area contributed by atoms with E-state index in [-0.39, 0.29) is 22.9 Å². The molecule has 2 amide bonds. The highest BCUT2D eigenvalue weighted by molar-refractivity contribution is 7.98. The number of hydrogen-bond acceptors (Lipinski definition) is 9. The lowest BCUT2D eigenvalue weighted by Gasteiger charge is -2.37. The SMILES string of the molecule is CCCCC1(CCCC)CN(c2ccccc2)c2cc(SC)c(OCC(=O)N[C@H](C(=O)NCCS(=O)(=O)O)c3ccccc3)cc2S(=O)(=O)C1. The van der Waals surface area contributed by atoms with Gasteiger partial charge in [0.15, 0.2) is 16.4 Å². The fourth-order valence-electron chi connectivity index (χ4n) is 6.28. The summed E-state index contributed by atoms with van der Waals surface area (Å²) >= 11 is 1.37. The number of ether oxygens (including phenoxy) is 1. The molecular weight excluding hydrogens is 699 g/mol. The number of unbranched alkanes of at least 4 members (excludes halogenated alkanes) is 2. The van der Waals surface area contributed by atoms with Crippen LogP contribution in [0.1, 0.15) is 64.0 Å². The average Bonchev–Trinajstić information content (AvgIpc) is 3.19. The Labute approximate surface area is 300 Å². The monoisotopic (exact) mass is 745 g/mol. The smallest absolute Gasteiger partial charge is 0.266 e. The first-order chi connectivity index (χ1) is 23.8. The number of para-hydroxylation sites is 1. The van der Waals surface area contributed by atoms with E-state index in [1.807, 2.05) is 42.7 Å². The maximum Gasteiger partial charge on any atom is 0.266 e. The van der Waals surface area contributed by atoms with Crippen LogP contribution in [0.2, 0.25) is 0 Å². The molecule has 0 aliphatic carbocycles. The second-order valence-electron chi connectivity index (χ2n) is 12.6. The molecule has 0 saturated carbocycles. The third-order valence-electron chi connectivity index (χ3n) is 8.77. The van der Waals surface area contributed by atoms with E-state index in [0.29, 0.717) is 22.7 Å². The lowest BCUT2D eigenvalue weighted by Crippen LogP contribution is -2.43. The van der Waals surface area contributed by atoms with Crippen molar-refractivity contribution in [3.8, 4) is 5.75 Å². The third kappa shape index (κ3) is 10.5. The molecule has 50 heavy (non-hydrogen) atoms. The predicted octanol–water partition coefficient (Wildman–Crippen LogP) is 5.94. The molecule has 0 unspecified atom stereocenters. The molecule has 272 valence electrons. The van der Waals surface area contributed by atoms with E-state index < -0.39 is 55.6 Å². The normalized spacial score (nSPS) is 15.7. The lowest BCUT2D eigenvalue weighted by atomic mass is 9.79. The largest absolute Gasteiger partial charge is 0.483 e. The number of nitrogens with one attached hydrogen (secondary N) is 2. The Morgan fingerprint density at radius 2 is 1.62 bits per heavy atom. The highest BCUT2D eigenvalue weighted by Crippen LogP contribution is 2.47. The number of fused-ring (bicyclic) bond motifs is 1. The van der Waals surface area contributed by atoms with E-state index in [2.05, 4.69) is 29.4 Å². The van der Waals surface area contributed by atoms with Crippen molar-refractivity contribution in [2.24, 2.45) is 5.41 Å². The Morgan fingerprint density at radius 1 is 1.00 bits per heavy atom. The maximum absolute atomic E-state index is 14.4. The van der Waals surface area contributed by atoms with Crippen LogP contribution in [0.3, 0.4) is 0 Å². The number of benzene rings is 3. The van der Waals surface area contributed by atoms with E-state index in [4.69, 9.17) is 9.29 Å². The first-order valence-corrected chi connectivity index (χ1v) is 21.3. The van der Waals surface area contributed by atoms with Crippen LogP contribution in [0.5, 0.6) is 5.75 Å². The van der Waals surface area contributed by atoms with Crippen molar-refractivity contribution in [3.63, 3.8) is 0 Å². The summed E-state index contributed by atoms with van der Waals surface area (Å²) in [4.78, 5) is 29.2. The van der Waals surface area contributed by atoms with Gasteiger partial charge in [0.05, 0.1) is 27.0 Å². The van der Waals surface area contributed by atoms with E-state index in [1.165, 1.54) is 17.8 Å². The third-order valence-corrected chi connectivity index (χ3v) is 12.2. The van der Waals surface area contributed by atoms with Crippen LogP contribution in [-0.2, 0) is 29.5 Å². The van der Waals surface area contributed by atoms with Gasteiger partial charge >= 0.3 is 0 Å². The molecule has 0 saturated heterocycles. The molecule has 11 nitrogen and oxygen atoms in total. The number of thioether (sulfide) groups is 1. The summed E-state index contributed by atoms with van der Waals surface area (Å²) in [6.07, 6.45) is 7.17. The molecule has 1 atom stereocenters. The summed E-state index contributed by atoms with van der Waals surface area (Å²) in [6, 6.07) is 20.3. The zero-order valence-corrected chi connectivity index (χ0v) is 31.2. The van der Waals surface area contributed by atoms with Crippen LogP contribution in [0.25, 0.3) is 0 Å². The van der Waals surface area contributed by atoms with E-state index in [9.17, 15) is 26.4 Å². The van der Waals surface area contributed by atoms with Crippen LogP contribution in [0.15, 0.2) is 82.6 Å². The molecule has 0 radical (unpaired) electrons. The zero-order valence-electron chi connectivity index (χ0n) is 28.8. The maximum atomic E-state index is 14.4. The molecule has 4 rings (SSSR count). The Morgan fingerprint density at radius 3 is 2.20 bits per heavy atom. The van der Waals surface area contributed by atoms with Gasteiger partial charge in [-0.15, -0.1) is 11.8 Å². The van der Waals surface area contributed by atoms with Gasteiger partial charge in [0.25, 0.3) is 16.0 Å². The van der Waals surface area contributed by atoms with Crippen molar-refractivity contribution in [2.75, 3.05) is 42.4 Å². The van der Waals surface area contributed by atoms with Crippen molar-refractivity contribution in [1.29, 1.82) is 0 Å². The first kappa shape index (κ1) is 39.2. The summed E-state index contributed by atoms with van der Waals surface area (Å²) in [5, 5.41) is 5.06. The number of sulfone groups is 1. The van der Waals surface area contributed by atoms with Crippen LogP contribution < -0.4 is 20.3 Å². The molecule has 3 aromatic carbocycles. The van der Waals surface area contributed by atoms with Gasteiger partial charge in [-0.25, -0.2) is 8.42 Å². The molecule has 3 aromatic rings. The van der Waals surface area contributed by atoms with Crippen molar-refractivity contribution >= 4 is 54.9 Å². The van der Waals surface area contributed by atoms with Gasteiger partial charge in [-0.05, 0) is 42.9 Å². The van der Waals surface area contributed by atoms with Crippen LogP contribution >= 0.6 is 11.8 Å². The second-order valence-corrected chi connectivity index (χ2v) is 17.0. The summed E-state index contributed by atoms with van der Waals surface area (Å²) in [5.74, 6) is -1.79. The number of hydrogen-bond donors (Lipinski definition) is 3. The van der Waals surface area contributed by atoms with Crippen LogP contribution in [0, 0.1) is 5.41 Å². The minimum Gasteiger partial charge on any atom is -0.483 e. The topological polar surface area (TPSA) is 159 Å². The second kappa shape index (κ2) is 17.6. The molecule has 3 N–H and O–H groups in total. The lowest BCUT2D eigenvalue weighted by molar-refractivity contribution is -0.130. The quantitative estimate of drug-likeness (QED) is 0.112. The molecule has 0 aromatic heterocycles. The minimum atomic E-state index is -4.30. The molecule has 0 bridgehead atoms. The number of carbonyl (C=O) groups excluding carboxylic acids is 2. The highest BCUT2D eigenvalue weighted by Gasteiger charge is 2.42. The van der Waals surface area contributed by atoms with Crippen molar-refractivity contribution in [1.82, 2.24) is 10.6 Å². The summed E-state index contributed by atoms with van der Waals surface area (Å²) in [6.45, 7) is 3.91. The molecule has 0 fully saturated rings. The number of anilines is 2. The van der Waals surface area contributed by atoms with Gasteiger partial charge < -0.3 is 20.3 Å². The Hall–Kier alpha value is -3.59. The molecule has 0 spiro atoms. The average molecular weight is 746 g/mol. The number of rotatable bonds is 17. The highest BCUT2D eigenvalue weighted by atomic mass is 32.2. The fourth-order valence-corrected chi connectivity index (χ4v) is 9.30. The van der Waals surface area contributed by atoms with Gasteiger partial charge in [0, 0.05) is 30.3 Å². The number of carbonyl (C=O) groups is 2. The zero-order chi connectivity index (χ0) is 36.4. The Bertz CT molecular complexity index is 1810. The van der Waals surface area contributed by atoms with Crippen LogP contribution in [0.4, 0.5) is 11.4 Å². The Kier molecular flexibility index (Phi) is 13.8. The van der Waals surface area contributed by atoms with Crippen molar-refractivity contribution in [3.05, 3.63) is 78.4 Å². The molecule has 14 heteroatoms. The number of amides is 2. The molecule has 1 aliphatic heterocycles. The Balaban J connectivity index is 1.66. The molecule has 1 heterocycles. The predicted molar refractivity (Wildman–Crippen MR) is 197 cm³/mol. The minimum absolute atomic E-state index is 0.000321. The standard InChI is InChI=1S/C36H47N3O8S3/c1-4-6-18-36(19-7-5-2)25-39(28-16-12-9-13-17-28)29-22-31(48-3)30(23-32(29)49(42,43)26-36)47-24-33(40)38-34(27-14-10-8-11-15-27)35(41)37-20-21-50(44,45)46/h8-17,22-23,34H,4-7,18-21,24-26H2,1-3H3,(H,37,41)(H,38,40)(H,44,45,46)/t34-/m0/s1. The summed E-state index contributed by atoms with van der Waals surface area (Å²) in [7, 11) is -8.11. The first-order valence-electron chi connectivity index (χ1n) is 16.8. The van der Waals surface area contributed by atoms with Gasteiger partial charge in [0.2, 0.25) is 5.91 Å². The van der Waals surface area contributed by atoms with E-state index >= 15 is 0 Å². The van der Waals surface area contributed by atoms with Gasteiger partial charge in [0.1, 0.15) is 11.8 Å². The summed E-state index contributed by atoms with van der Waals surface area (Å²) in [5.41, 5.74) is 1.44. The van der Waals surface area contributed by atoms with Crippen molar-refractivity contribution < 1.29 is 35.7 Å². The fraction of sp³-hybridized carbons (Fsp3) is 0.444.